The van der Waals surface area contributed by atoms with Crippen LogP contribution in [-0.4, -0.2) is 42.3 Å². The van der Waals surface area contributed by atoms with Gasteiger partial charge in [0, 0.05) is 38.8 Å². The van der Waals surface area contributed by atoms with E-state index in [1.54, 1.807) is 0 Å². The molecule has 1 aromatic rings. The zero-order valence-corrected chi connectivity index (χ0v) is 9.90. The molecule has 0 amide bonds. The number of rotatable bonds is 4. The van der Waals surface area contributed by atoms with E-state index < -0.39 is 0 Å². The van der Waals surface area contributed by atoms with Crippen molar-refractivity contribution in [1.29, 1.82) is 0 Å². The van der Waals surface area contributed by atoms with Gasteiger partial charge in [0.2, 0.25) is 0 Å². The van der Waals surface area contributed by atoms with E-state index >= 15 is 0 Å². The van der Waals surface area contributed by atoms with Crippen LogP contribution in [0.1, 0.15) is 12.0 Å². The number of halogens is 1. The van der Waals surface area contributed by atoms with Crippen LogP contribution in [0.25, 0.3) is 0 Å². The highest BCUT2D eigenvalue weighted by molar-refractivity contribution is 5.16. The first kappa shape index (κ1) is 12.5. The van der Waals surface area contributed by atoms with Crippen LogP contribution in [0.15, 0.2) is 24.3 Å². The summed E-state index contributed by atoms with van der Waals surface area (Å²) in [6.07, 6.45) is 0.786. The van der Waals surface area contributed by atoms with Gasteiger partial charge in [0.15, 0.2) is 0 Å². The zero-order chi connectivity index (χ0) is 12.1. The highest BCUT2D eigenvalue weighted by Gasteiger charge is 2.21. The Labute approximate surface area is 101 Å². The minimum absolute atomic E-state index is 0.194. The van der Waals surface area contributed by atoms with Crippen molar-refractivity contribution in [2.75, 3.05) is 26.2 Å². The Balaban J connectivity index is 1.97. The van der Waals surface area contributed by atoms with E-state index in [2.05, 4.69) is 10.2 Å². The molecule has 17 heavy (non-hydrogen) atoms. The third-order valence-electron chi connectivity index (χ3n) is 3.23. The van der Waals surface area contributed by atoms with Gasteiger partial charge in [-0.3, -0.25) is 4.90 Å². The first-order valence-corrected chi connectivity index (χ1v) is 6.09. The molecule has 0 saturated carbocycles. The second-order valence-electron chi connectivity index (χ2n) is 4.47. The van der Waals surface area contributed by atoms with E-state index in [4.69, 9.17) is 5.11 Å². The number of aliphatic hydroxyl groups excluding tert-OH is 1. The smallest absolute Gasteiger partial charge is 0.123 e. The SMILES string of the molecule is OCC[C@@H]1CNCCN1Cc1ccc(F)cc1. The number of benzene rings is 1. The fourth-order valence-electron chi connectivity index (χ4n) is 2.27. The van der Waals surface area contributed by atoms with Crippen LogP contribution in [0, 0.1) is 5.82 Å². The van der Waals surface area contributed by atoms with Gasteiger partial charge in [-0.15, -0.1) is 0 Å². The van der Waals surface area contributed by atoms with Crippen LogP contribution >= 0.6 is 0 Å². The van der Waals surface area contributed by atoms with Gasteiger partial charge in [-0.2, -0.15) is 0 Å². The summed E-state index contributed by atoms with van der Waals surface area (Å²) in [6, 6.07) is 7.02. The highest BCUT2D eigenvalue weighted by atomic mass is 19.1. The molecule has 1 atom stereocenters. The third-order valence-corrected chi connectivity index (χ3v) is 3.23. The maximum atomic E-state index is 12.8. The standard InChI is InChI=1S/C13H19FN2O/c14-12-3-1-11(2-4-12)10-16-7-6-15-9-13(16)5-8-17/h1-4,13,15,17H,5-10H2/t13-/m1/s1. The molecule has 3 nitrogen and oxygen atoms in total. The van der Waals surface area contributed by atoms with E-state index in [-0.39, 0.29) is 12.4 Å². The number of hydrogen-bond donors (Lipinski definition) is 2. The molecule has 1 heterocycles. The second-order valence-corrected chi connectivity index (χ2v) is 4.47. The summed E-state index contributed by atoms with van der Waals surface area (Å²) in [7, 11) is 0. The molecule has 0 aliphatic carbocycles. The number of aliphatic hydroxyl groups is 1. The van der Waals surface area contributed by atoms with Gasteiger partial charge in [0.1, 0.15) is 5.82 Å². The second kappa shape index (κ2) is 6.10. The van der Waals surface area contributed by atoms with Crippen LogP contribution in [0.3, 0.4) is 0 Å². The Kier molecular flexibility index (Phi) is 4.48. The number of piperazine rings is 1. The minimum Gasteiger partial charge on any atom is -0.396 e. The third kappa shape index (κ3) is 3.49. The van der Waals surface area contributed by atoms with Crippen LogP contribution < -0.4 is 5.32 Å². The van der Waals surface area contributed by atoms with Crippen molar-refractivity contribution >= 4 is 0 Å². The predicted octanol–water partition coefficient (Wildman–Crippen LogP) is 0.982. The Morgan fingerprint density at radius 2 is 2.12 bits per heavy atom. The van der Waals surface area contributed by atoms with Crippen molar-refractivity contribution in [1.82, 2.24) is 10.2 Å². The van der Waals surface area contributed by atoms with Gasteiger partial charge in [0.25, 0.3) is 0 Å². The lowest BCUT2D eigenvalue weighted by molar-refractivity contribution is 0.123. The summed E-state index contributed by atoms with van der Waals surface area (Å²) in [5.74, 6) is -0.194. The summed E-state index contributed by atoms with van der Waals surface area (Å²) in [5.41, 5.74) is 1.12. The van der Waals surface area contributed by atoms with Crippen LogP contribution in [0.4, 0.5) is 4.39 Å². The van der Waals surface area contributed by atoms with E-state index in [9.17, 15) is 4.39 Å². The van der Waals surface area contributed by atoms with Crippen molar-refractivity contribution in [3.8, 4) is 0 Å². The molecule has 2 N–H and O–H groups in total. The first-order chi connectivity index (χ1) is 8.29. The van der Waals surface area contributed by atoms with Crippen molar-refractivity contribution in [3.63, 3.8) is 0 Å². The largest absolute Gasteiger partial charge is 0.396 e. The molecule has 1 saturated heterocycles. The average molecular weight is 238 g/mol. The summed E-state index contributed by atoms with van der Waals surface area (Å²) < 4.78 is 12.8. The molecular weight excluding hydrogens is 219 g/mol. The predicted molar refractivity (Wildman–Crippen MR) is 65.2 cm³/mol. The van der Waals surface area contributed by atoms with Gasteiger partial charge in [-0.25, -0.2) is 4.39 Å². The van der Waals surface area contributed by atoms with Gasteiger partial charge >= 0.3 is 0 Å². The fraction of sp³-hybridized carbons (Fsp3) is 0.538. The molecule has 1 aliphatic heterocycles. The quantitative estimate of drug-likeness (QED) is 0.821. The Morgan fingerprint density at radius 3 is 2.82 bits per heavy atom. The summed E-state index contributed by atoms with van der Waals surface area (Å²) >= 11 is 0. The van der Waals surface area contributed by atoms with Crippen molar-refractivity contribution in [2.45, 2.75) is 19.0 Å². The van der Waals surface area contributed by atoms with Crippen LogP contribution in [0.2, 0.25) is 0 Å². The molecule has 0 radical (unpaired) electrons. The normalized spacial score (nSPS) is 21.6. The minimum atomic E-state index is -0.194. The van der Waals surface area contributed by atoms with E-state index in [0.717, 1.165) is 38.2 Å². The monoisotopic (exact) mass is 238 g/mol. The number of hydrogen-bond acceptors (Lipinski definition) is 3. The first-order valence-electron chi connectivity index (χ1n) is 6.09. The molecule has 0 unspecified atom stereocenters. The van der Waals surface area contributed by atoms with Crippen LogP contribution in [0.5, 0.6) is 0 Å². The summed E-state index contributed by atoms with van der Waals surface area (Å²) in [6.45, 7) is 3.91. The Morgan fingerprint density at radius 1 is 1.35 bits per heavy atom. The molecule has 4 heteroatoms. The Hall–Kier alpha value is -0.970. The van der Waals surface area contributed by atoms with Gasteiger partial charge < -0.3 is 10.4 Å². The lowest BCUT2D eigenvalue weighted by Gasteiger charge is -2.36. The van der Waals surface area contributed by atoms with Crippen molar-refractivity contribution < 1.29 is 9.50 Å². The average Bonchev–Trinajstić information content (AvgIpc) is 2.35. The topological polar surface area (TPSA) is 35.5 Å². The van der Waals surface area contributed by atoms with Gasteiger partial charge in [-0.05, 0) is 24.1 Å². The number of nitrogens with one attached hydrogen (secondary N) is 1. The summed E-state index contributed by atoms with van der Waals surface area (Å²) in [4.78, 5) is 2.35. The Bertz CT molecular complexity index is 340. The molecule has 2 rings (SSSR count). The molecular formula is C13H19FN2O. The van der Waals surface area contributed by atoms with Crippen LogP contribution in [-0.2, 0) is 6.54 Å². The maximum absolute atomic E-state index is 12.8. The maximum Gasteiger partial charge on any atom is 0.123 e. The molecule has 0 bridgehead atoms. The molecule has 1 aromatic carbocycles. The fourth-order valence-corrected chi connectivity index (χ4v) is 2.27. The molecule has 94 valence electrons. The van der Waals surface area contributed by atoms with Crippen molar-refractivity contribution in [2.24, 2.45) is 0 Å². The summed E-state index contributed by atoms with van der Waals surface area (Å²) in [5, 5.41) is 12.4. The molecule has 1 fully saturated rings. The van der Waals surface area contributed by atoms with Gasteiger partial charge in [0.05, 0.1) is 0 Å². The molecule has 0 spiro atoms. The highest BCUT2D eigenvalue weighted by Crippen LogP contribution is 2.13. The van der Waals surface area contributed by atoms with Gasteiger partial charge in [-0.1, -0.05) is 12.1 Å². The molecule has 1 aliphatic rings. The number of nitrogens with zero attached hydrogens (tertiary/aromatic N) is 1. The zero-order valence-electron chi connectivity index (χ0n) is 9.90. The lowest BCUT2D eigenvalue weighted by atomic mass is 10.1. The lowest BCUT2D eigenvalue weighted by Crippen LogP contribution is -2.51. The van der Waals surface area contributed by atoms with E-state index in [1.165, 1.54) is 12.1 Å². The van der Waals surface area contributed by atoms with Crippen molar-refractivity contribution in [3.05, 3.63) is 35.6 Å². The van der Waals surface area contributed by atoms with E-state index in [0.29, 0.717) is 6.04 Å². The van der Waals surface area contributed by atoms with E-state index in [1.807, 2.05) is 12.1 Å². The molecule has 0 aromatic heterocycles.